The van der Waals surface area contributed by atoms with Crippen LogP contribution in [0.4, 0.5) is 4.39 Å². The van der Waals surface area contributed by atoms with Crippen molar-refractivity contribution >= 4 is 0 Å². The van der Waals surface area contributed by atoms with Crippen molar-refractivity contribution in [2.24, 2.45) is 0 Å². The summed E-state index contributed by atoms with van der Waals surface area (Å²) in [5.74, 6) is 0.338. The van der Waals surface area contributed by atoms with Crippen molar-refractivity contribution < 1.29 is 18.6 Å². The van der Waals surface area contributed by atoms with Gasteiger partial charge < -0.3 is 19.5 Å². The van der Waals surface area contributed by atoms with Gasteiger partial charge in [-0.3, -0.25) is 0 Å². The first-order valence-electron chi connectivity index (χ1n) is 7.52. The number of hydrogen-bond acceptors (Lipinski definition) is 4. The summed E-state index contributed by atoms with van der Waals surface area (Å²) >= 11 is 0. The molecule has 5 heteroatoms. The minimum atomic E-state index is -0.260. The summed E-state index contributed by atoms with van der Waals surface area (Å²) < 4.78 is 31.0. The van der Waals surface area contributed by atoms with Crippen LogP contribution in [0.2, 0.25) is 0 Å². The van der Waals surface area contributed by atoms with Gasteiger partial charge in [0.05, 0.1) is 18.8 Å². The molecular formula is C16H22FNO3. The number of rotatable bonds is 4. The van der Waals surface area contributed by atoms with Crippen LogP contribution in [0.25, 0.3) is 0 Å². The molecule has 0 bridgehead atoms. The first kappa shape index (κ1) is 14.8. The van der Waals surface area contributed by atoms with E-state index in [4.69, 9.17) is 14.2 Å². The summed E-state index contributed by atoms with van der Waals surface area (Å²) in [5, 5.41) is 3.02. The molecule has 0 amide bonds. The van der Waals surface area contributed by atoms with Gasteiger partial charge in [0.25, 0.3) is 0 Å². The van der Waals surface area contributed by atoms with Gasteiger partial charge in [-0.15, -0.1) is 0 Å². The van der Waals surface area contributed by atoms with Crippen LogP contribution in [0, 0.1) is 5.82 Å². The fraction of sp³-hybridized carbons (Fsp3) is 0.625. The normalized spacial score (nSPS) is 29.0. The highest BCUT2D eigenvalue weighted by atomic mass is 19.1. The zero-order chi connectivity index (χ0) is 14.7. The lowest BCUT2D eigenvalue weighted by atomic mass is 9.91. The van der Waals surface area contributed by atoms with Crippen LogP contribution in [0.5, 0.6) is 5.75 Å². The van der Waals surface area contributed by atoms with Crippen molar-refractivity contribution in [1.29, 1.82) is 0 Å². The van der Waals surface area contributed by atoms with Crippen molar-refractivity contribution in [3.05, 3.63) is 29.6 Å². The monoisotopic (exact) mass is 295 g/mol. The topological polar surface area (TPSA) is 39.7 Å². The summed E-state index contributed by atoms with van der Waals surface area (Å²) in [6.45, 7) is 2.69. The van der Waals surface area contributed by atoms with Crippen LogP contribution in [-0.4, -0.2) is 38.6 Å². The van der Waals surface area contributed by atoms with E-state index in [1.807, 2.05) is 13.1 Å². The van der Waals surface area contributed by atoms with Gasteiger partial charge in [0.15, 0.2) is 0 Å². The fourth-order valence-electron chi connectivity index (χ4n) is 3.13. The van der Waals surface area contributed by atoms with Crippen LogP contribution >= 0.6 is 0 Å². The molecule has 2 atom stereocenters. The van der Waals surface area contributed by atoms with E-state index in [1.165, 1.54) is 12.1 Å². The summed E-state index contributed by atoms with van der Waals surface area (Å²) in [5.41, 5.74) is 0.697. The van der Waals surface area contributed by atoms with E-state index >= 15 is 0 Å². The van der Waals surface area contributed by atoms with Gasteiger partial charge >= 0.3 is 0 Å². The molecule has 3 rings (SSSR count). The number of ether oxygens (including phenoxy) is 3. The Bertz CT molecular complexity index is 488. The molecular weight excluding hydrogens is 273 g/mol. The molecule has 1 aromatic carbocycles. The molecule has 1 spiro atoms. The predicted octanol–water partition coefficient (Wildman–Crippen LogP) is 2.26. The standard InChI is InChI=1S/C16H22FNO3/c1-18-10-12-6-13(17)8-15(7-12)21-14-2-4-20-16(9-14)3-5-19-11-16/h6-8,14,18H,2-5,9-11H2,1H3. The third-order valence-corrected chi connectivity index (χ3v) is 4.13. The molecule has 21 heavy (non-hydrogen) atoms. The third-order valence-electron chi connectivity index (χ3n) is 4.13. The molecule has 2 fully saturated rings. The first-order chi connectivity index (χ1) is 10.2. The molecule has 0 aromatic heterocycles. The molecule has 116 valence electrons. The van der Waals surface area contributed by atoms with Crippen LogP contribution < -0.4 is 10.1 Å². The van der Waals surface area contributed by atoms with E-state index < -0.39 is 0 Å². The zero-order valence-corrected chi connectivity index (χ0v) is 12.4. The minimum absolute atomic E-state index is 0.0599. The van der Waals surface area contributed by atoms with Gasteiger partial charge in [0.1, 0.15) is 17.7 Å². The Hall–Kier alpha value is -1.17. The molecule has 0 saturated carbocycles. The average Bonchev–Trinajstić information content (AvgIpc) is 2.86. The van der Waals surface area contributed by atoms with Crippen molar-refractivity contribution in [3.8, 4) is 5.75 Å². The SMILES string of the molecule is CNCc1cc(F)cc(OC2CCOC3(CCOC3)C2)c1. The van der Waals surface area contributed by atoms with Crippen LogP contribution in [0.3, 0.4) is 0 Å². The maximum Gasteiger partial charge on any atom is 0.127 e. The first-order valence-corrected chi connectivity index (χ1v) is 7.52. The highest BCUT2D eigenvalue weighted by Crippen LogP contribution is 2.34. The highest BCUT2D eigenvalue weighted by molar-refractivity contribution is 5.30. The van der Waals surface area contributed by atoms with E-state index in [1.54, 1.807) is 0 Å². The number of nitrogens with one attached hydrogen (secondary N) is 1. The van der Waals surface area contributed by atoms with Gasteiger partial charge in [-0.05, 0) is 24.7 Å². The molecule has 1 aromatic rings. The van der Waals surface area contributed by atoms with Crippen molar-refractivity contribution in [1.82, 2.24) is 5.32 Å². The molecule has 0 radical (unpaired) electrons. The Morgan fingerprint density at radius 3 is 3.05 bits per heavy atom. The minimum Gasteiger partial charge on any atom is -0.490 e. The quantitative estimate of drug-likeness (QED) is 0.925. The van der Waals surface area contributed by atoms with Crippen LogP contribution in [0.1, 0.15) is 24.8 Å². The van der Waals surface area contributed by atoms with Gasteiger partial charge in [-0.1, -0.05) is 0 Å². The van der Waals surface area contributed by atoms with E-state index in [-0.39, 0.29) is 17.5 Å². The average molecular weight is 295 g/mol. The lowest BCUT2D eigenvalue weighted by Crippen LogP contribution is -2.44. The highest BCUT2D eigenvalue weighted by Gasteiger charge is 2.41. The van der Waals surface area contributed by atoms with E-state index in [9.17, 15) is 4.39 Å². The van der Waals surface area contributed by atoms with Gasteiger partial charge in [-0.25, -0.2) is 4.39 Å². The lowest BCUT2D eigenvalue weighted by Gasteiger charge is -2.37. The Morgan fingerprint density at radius 2 is 2.29 bits per heavy atom. The second-order valence-electron chi connectivity index (χ2n) is 5.89. The Kier molecular flexibility index (Phi) is 4.42. The molecule has 2 unspecified atom stereocenters. The Morgan fingerprint density at radius 1 is 1.38 bits per heavy atom. The molecule has 2 aliphatic rings. The van der Waals surface area contributed by atoms with Crippen LogP contribution in [0.15, 0.2) is 18.2 Å². The number of hydrogen-bond donors (Lipinski definition) is 1. The van der Waals surface area contributed by atoms with E-state index in [0.29, 0.717) is 25.5 Å². The second kappa shape index (κ2) is 6.30. The largest absolute Gasteiger partial charge is 0.490 e. The molecule has 4 nitrogen and oxygen atoms in total. The van der Waals surface area contributed by atoms with Crippen molar-refractivity contribution in [2.75, 3.05) is 26.9 Å². The maximum absolute atomic E-state index is 13.6. The number of halogens is 1. The smallest absolute Gasteiger partial charge is 0.127 e. The Balaban J connectivity index is 1.68. The van der Waals surface area contributed by atoms with Crippen LogP contribution in [-0.2, 0) is 16.0 Å². The molecule has 2 aliphatic heterocycles. The summed E-state index contributed by atoms with van der Waals surface area (Å²) in [6.07, 6.45) is 2.62. The lowest BCUT2D eigenvalue weighted by molar-refractivity contribution is -0.112. The third kappa shape index (κ3) is 3.54. The molecule has 2 saturated heterocycles. The van der Waals surface area contributed by atoms with Crippen molar-refractivity contribution in [2.45, 2.75) is 37.5 Å². The second-order valence-corrected chi connectivity index (χ2v) is 5.89. The summed E-state index contributed by atoms with van der Waals surface area (Å²) in [7, 11) is 1.84. The molecule has 2 heterocycles. The van der Waals surface area contributed by atoms with Gasteiger partial charge in [-0.2, -0.15) is 0 Å². The zero-order valence-electron chi connectivity index (χ0n) is 12.4. The van der Waals surface area contributed by atoms with Gasteiger partial charge in [0, 0.05) is 38.5 Å². The summed E-state index contributed by atoms with van der Waals surface area (Å²) in [6, 6.07) is 4.87. The Labute approximate surface area is 124 Å². The van der Waals surface area contributed by atoms with E-state index in [0.717, 1.165) is 31.4 Å². The summed E-state index contributed by atoms with van der Waals surface area (Å²) in [4.78, 5) is 0. The van der Waals surface area contributed by atoms with E-state index in [2.05, 4.69) is 5.32 Å². The molecule has 0 aliphatic carbocycles. The fourth-order valence-corrected chi connectivity index (χ4v) is 3.13. The maximum atomic E-state index is 13.6. The molecule has 1 N–H and O–H groups in total. The number of benzene rings is 1. The van der Waals surface area contributed by atoms with Gasteiger partial charge in [0.2, 0.25) is 0 Å². The van der Waals surface area contributed by atoms with Crippen molar-refractivity contribution in [3.63, 3.8) is 0 Å². The predicted molar refractivity (Wildman–Crippen MR) is 76.9 cm³/mol.